The molecule has 0 saturated carbocycles. The summed E-state index contributed by atoms with van der Waals surface area (Å²) in [5.74, 6) is 0.677. The molecule has 1 aromatic carbocycles. The van der Waals surface area contributed by atoms with Crippen molar-refractivity contribution in [1.82, 2.24) is 14.8 Å². The number of ether oxygens (including phenoxy) is 1. The van der Waals surface area contributed by atoms with E-state index in [1.165, 1.54) is 5.56 Å². The Hall–Kier alpha value is -2.38. The van der Waals surface area contributed by atoms with E-state index in [1.807, 2.05) is 39.4 Å². The van der Waals surface area contributed by atoms with Crippen LogP contribution in [0, 0.1) is 0 Å². The molecule has 0 radical (unpaired) electrons. The van der Waals surface area contributed by atoms with Gasteiger partial charge in [0.15, 0.2) is 10.9 Å². The Balaban J connectivity index is 1.39. The molecule has 7 heteroatoms. The molecule has 1 aliphatic rings. The van der Waals surface area contributed by atoms with Crippen molar-refractivity contribution in [3.05, 3.63) is 59.9 Å². The van der Waals surface area contributed by atoms with E-state index in [-0.39, 0.29) is 6.10 Å². The number of hydrogen-bond acceptors (Lipinski definition) is 6. The maximum atomic E-state index is 10.2. The van der Waals surface area contributed by atoms with Crippen molar-refractivity contribution < 1.29 is 9.84 Å². The van der Waals surface area contributed by atoms with Gasteiger partial charge in [-0.15, -0.1) is 11.3 Å². The summed E-state index contributed by atoms with van der Waals surface area (Å²) in [7, 11) is 0. The van der Waals surface area contributed by atoms with Crippen LogP contribution in [0.5, 0.6) is 5.75 Å². The second-order valence-corrected chi connectivity index (χ2v) is 6.68. The fourth-order valence-electron chi connectivity index (χ4n) is 2.84. The number of rotatable bonds is 5. The molecule has 1 fully saturated rings. The third kappa shape index (κ3) is 3.27. The number of nitrogens with zero attached hydrogens (tertiary/aromatic N) is 4. The van der Waals surface area contributed by atoms with E-state index in [4.69, 9.17) is 4.74 Å². The Morgan fingerprint density at radius 2 is 2.12 bits per heavy atom. The number of hydrogen-bond donors (Lipinski definition) is 1. The lowest BCUT2D eigenvalue weighted by Crippen LogP contribution is -2.29. The zero-order chi connectivity index (χ0) is 16.4. The van der Waals surface area contributed by atoms with Gasteiger partial charge >= 0.3 is 0 Å². The van der Waals surface area contributed by atoms with Gasteiger partial charge in [0.1, 0.15) is 12.2 Å². The molecule has 0 amide bonds. The Labute approximate surface area is 143 Å². The van der Waals surface area contributed by atoms with Crippen molar-refractivity contribution in [1.29, 1.82) is 0 Å². The van der Waals surface area contributed by atoms with Crippen LogP contribution >= 0.6 is 11.3 Å². The third-order valence-corrected chi connectivity index (χ3v) is 4.84. The van der Waals surface area contributed by atoms with Crippen molar-refractivity contribution in [2.75, 3.05) is 18.0 Å². The second-order valence-electron chi connectivity index (χ2n) is 5.80. The molecule has 4 rings (SSSR count). The molecular weight excluding hydrogens is 324 g/mol. The molecule has 1 aliphatic heterocycles. The quantitative estimate of drug-likeness (QED) is 0.768. The van der Waals surface area contributed by atoms with Gasteiger partial charge in [-0.3, -0.25) is 4.68 Å². The van der Waals surface area contributed by atoms with Gasteiger partial charge in [-0.05, 0) is 5.56 Å². The lowest BCUT2D eigenvalue weighted by Gasteiger charge is -2.15. The smallest absolute Gasteiger partial charge is 0.185 e. The average molecular weight is 342 g/mol. The van der Waals surface area contributed by atoms with Crippen molar-refractivity contribution in [2.45, 2.75) is 18.8 Å². The van der Waals surface area contributed by atoms with Gasteiger partial charge < -0.3 is 14.7 Å². The molecule has 0 unspecified atom stereocenters. The number of benzene rings is 1. The van der Waals surface area contributed by atoms with E-state index in [1.54, 1.807) is 23.7 Å². The molecule has 2 atom stereocenters. The van der Waals surface area contributed by atoms with E-state index >= 15 is 0 Å². The first kappa shape index (κ1) is 15.2. The summed E-state index contributed by atoms with van der Waals surface area (Å²) < 4.78 is 7.77. The topological polar surface area (TPSA) is 63.4 Å². The van der Waals surface area contributed by atoms with Gasteiger partial charge in [0.05, 0.1) is 25.5 Å². The lowest BCUT2D eigenvalue weighted by molar-refractivity contribution is 0.0737. The monoisotopic (exact) mass is 342 g/mol. The molecule has 124 valence electrons. The zero-order valence-corrected chi connectivity index (χ0v) is 13.8. The van der Waals surface area contributed by atoms with E-state index < -0.39 is 6.10 Å². The fourth-order valence-corrected chi connectivity index (χ4v) is 3.50. The normalized spacial score (nSPS) is 20.5. The highest BCUT2D eigenvalue weighted by Gasteiger charge is 2.34. The van der Waals surface area contributed by atoms with Crippen molar-refractivity contribution in [3.63, 3.8) is 0 Å². The molecular formula is C17H18N4O2S. The van der Waals surface area contributed by atoms with Gasteiger partial charge in [0.25, 0.3) is 0 Å². The van der Waals surface area contributed by atoms with Gasteiger partial charge in [-0.1, -0.05) is 30.3 Å². The second kappa shape index (κ2) is 6.62. The summed E-state index contributed by atoms with van der Waals surface area (Å²) in [6, 6.07) is 10.1. The van der Waals surface area contributed by atoms with Gasteiger partial charge in [0, 0.05) is 18.1 Å². The Kier molecular flexibility index (Phi) is 4.18. The Morgan fingerprint density at radius 1 is 1.25 bits per heavy atom. The predicted octanol–water partition coefficient (Wildman–Crippen LogP) is 2.02. The molecule has 1 N–H and O–H groups in total. The third-order valence-electron chi connectivity index (χ3n) is 4.01. The molecule has 0 bridgehead atoms. The summed E-state index contributed by atoms with van der Waals surface area (Å²) in [4.78, 5) is 6.34. The van der Waals surface area contributed by atoms with Crippen molar-refractivity contribution >= 4 is 16.5 Å². The van der Waals surface area contributed by atoms with Crippen LogP contribution in [0.4, 0.5) is 5.13 Å². The van der Waals surface area contributed by atoms with Crippen LogP contribution in [-0.2, 0) is 6.54 Å². The number of aliphatic hydroxyl groups excluding tert-OH is 1. The number of aromatic nitrogens is 3. The van der Waals surface area contributed by atoms with Crippen LogP contribution in [0.1, 0.15) is 5.56 Å². The van der Waals surface area contributed by atoms with E-state index in [0.717, 1.165) is 5.13 Å². The minimum atomic E-state index is -0.536. The van der Waals surface area contributed by atoms with Crippen molar-refractivity contribution in [3.8, 4) is 5.75 Å². The lowest BCUT2D eigenvalue weighted by atomic mass is 10.2. The van der Waals surface area contributed by atoms with E-state index in [9.17, 15) is 5.11 Å². The van der Waals surface area contributed by atoms with Gasteiger partial charge in [0.2, 0.25) is 0 Å². The maximum Gasteiger partial charge on any atom is 0.185 e. The molecule has 0 spiro atoms. The summed E-state index contributed by atoms with van der Waals surface area (Å²) in [6.07, 6.45) is 4.52. The maximum absolute atomic E-state index is 10.2. The first-order valence-corrected chi connectivity index (χ1v) is 8.71. The molecule has 0 aliphatic carbocycles. The van der Waals surface area contributed by atoms with Crippen molar-refractivity contribution in [2.24, 2.45) is 0 Å². The minimum absolute atomic E-state index is 0.275. The fraction of sp³-hybridized carbons (Fsp3) is 0.294. The highest BCUT2D eigenvalue weighted by atomic mass is 32.1. The first-order chi connectivity index (χ1) is 11.8. The van der Waals surface area contributed by atoms with Gasteiger partial charge in [-0.25, -0.2) is 4.98 Å². The summed E-state index contributed by atoms with van der Waals surface area (Å²) in [5, 5.41) is 17.4. The Bertz CT molecular complexity index is 775. The van der Waals surface area contributed by atoms with Crippen LogP contribution in [0.3, 0.4) is 0 Å². The predicted molar refractivity (Wildman–Crippen MR) is 92.5 cm³/mol. The molecule has 2 aromatic heterocycles. The molecule has 1 saturated heterocycles. The van der Waals surface area contributed by atoms with Crippen LogP contribution in [-0.4, -0.2) is 45.2 Å². The van der Waals surface area contributed by atoms with Crippen LogP contribution in [0.15, 0.2) is 54.3 Å². The van der Waals surface area contributed by atoms with Gasteiger partial charge in [-0.2, -0.15) is 5.10 Å². The molecule has 3 aromatic rings. The molecule has 6 nitrogen and oxygen atoms in total. The SMILES string of the molecule is O[C@@H]1CN(c2nccs2)C[C@H]1Oc1cnn(Cc2ccccc2)c1. The van der Waals surface area contributed by atoms with E-state index in [2.05, 4.69) is 22.2 Å². The molecule has 24 heavy (non-hydrogen) atoms. The van der Waals surface area contributed by atoms with Crippen LogP contribution in [0.25, 0.3) is 0 Å². The minimum Gasteiger partial charge on any atom is -0.482 e. The highest BCUT2D eigenvalue weighted by molar-refractivity contribution is 7.13. The first-order valence-electron chi connectivity index (χ1n) is 7.83. The summed E-state index contributed by atoms with van der Waals surface area (Å²) in [5.41, 5.74) is 1.18. The number of anilines is 1. The highest BCUT2D eigenvalue weighted by Crippen LogP contribution is 2.25. The average Bonchev–Trinajstić information content (AvgIpc) is 3.31. The van der Waals surface area contributed by atoms with E-state index in [0.29, 0.717) is 25.4 Å². The van der Waals surface area contributed by atoms with Crippen LogP contribution < -0.4 is 9.64 Å². The number of β-amino-alcohol motifs (C(OH)–C–C–N with tert-alkyl or cyclic N) is 1. The number of thiazole rings is 1. The summed E-state index contributed by atoms with van der Waals surface area (Å²) in [6.45, 7) is 1.86. The largest absolute Gasteiger partial charge is 0.482 e. The van der Waals surface area contributed by atoms with Crippen LogP contribution in [0.2, 0.25) is 0 Å². The molecule has 3 heterocycles. The summed E-state index contributed by atoms with van der Waals surface area (Å²) >= 11 is 1.57. The Morgan fingerprint density at radius 3 is 2.92 bits per heavy atom. The standard InChI is InChI=1S/C17H18N4O2S/c22-15-11-20(17-18-6-7-24-17)12-16(15)23-14-8-19-21(10-14)9-13-4-2-1-3-5-13/h1-8,10,15-16,22H,9,11-12H2/t15-,16-/m1/s1. The zero-order valence-electron chi connectivity index (χ0n) is 13.0. The number of aliphatic hydroxyl groups is 1.